The molecule has 101 valence electrons. The summed E-state index contributed by atoms with van der Waals surface area (Å²) in [4.78, 5) is 13.6. The van der Waals surface area contributed by atoms with Gasteiger partial charge in [0.2, 0.25) is 5.91 Å². The van der Waals surface area contributed by atoms with E-state index in [0.717, 1.165) is 17.0 Å². The Morgan fingerprint density at radius 2 is 2.10 bits per heavy atom. The van der Waals surface area contributed by atoms with Gasteiger partial charge in [-0.15, -0.1) is 30.7 Å². The van der Waals surface area contributed by atoms with Crippen LogP contribution in [0.3, 0.4) is 0 Å². The molecule has 0 spiro atoms. The fourth-order valence-corrected chi connectivity index (χ4v) is 2.07. The van der Waals surface area contributed by atoms with Gasteiger partial charge in [0.15, 0.2) is 0 Å². The maximum Gasteiger partial charge on any atom is 0.223 e. The van der Waals surface area contributed by atoms with Gasteiger partial charge < -0.3 is 9.64 Å². The van der Waals surface area contributed by atoms with Crippen molar-refractivity contribution < 1.29 is 42.2 Å². The van der Waals surface area contributed by atoms with Crippen LogP contribution in [-0.4, -0.2) is 24.0 Å². The number of ether oxygens (including phenoxy) is 1. The van der Waals surface area contributed by atoms with E-state index in [1.54, 1.807) is 4.90 Å². The van der Waals surface area contributed by atoms with Crippen molar-refractivity contribution >= 4 is 11.6 Å². The number of nitrogens with zero attached hydrogens (tertiary/aromatic N) is 1. The molecule has 0 aliphatic carbocycles. The van der Waals surface area contributed by atoms with Crippen LogP contribution in [0, 0.1) is 18.4 Å². The van der Waals surface area contributed by atoms with Crippen LogP contribution in [0.15, 0.2) is 24.3 Å². The summed E-state index contributed by atoms with van der Waals surface area (Å²) in [5.74, 6) is 3.31. The SMILES string of the molecule is C#CCOc1ccc(C2=[C-]CCC(=O)N2CC)cc1.[Y]. The topological polar surface area (TPSA) is 29.5 Å². The first kappa shape index (κ1) is 16.9. The van der Waals surface area contributed by atoms with Crippen LogP contribution in [0.25, 0.3) is 5.70 Å². The van der Waals surface area contributed by atoms with E-state index in [4.69, 9.17) is 11.2 Å². The van der Waals surface area contributed by atoms with Gasteiger partial charge in [-0.1, -0.05) is 5.92 Å². The van der Waals surface area contributed by atoms with Gasteiger partial charge in [0.1, 0.15) is 12.4 Å². The van der Waals surface area contributed by atoms with Crippen molar-refractivity contribution in [2.24, 2.45) is 0 Å². The predicted molar refractivity (Wildman–Crippen MR) is 74.0 cm³/mol. The molecule has 1 heterocycles. The molecule has 1 amide bonds. The Balaban J connectivity index is 0.00000200. The summed E-state index contributed by atoms with van der Waals surface area (Å²) >= 11 is 0. The maximum absolute atomic E-state index is 11.8. The van der Waals surface area contributed by atoms with Crippen molar-refractivity contribution in [1.29, 1.82) is 0 Å². The molecular weight excluding hydrogens is 327 g/mol. The second-order valence-electron chi connectivity index (χ2n) is 4.18. The number of hydrogen-bond acceptors (Lipinski definition) is 2. The molecular formula is C16H16NO2Y-. The first-order chi connectivity index (χ1) is 9.26. The zero-order valence-corrected chi connectivity index (χ0v) is 14.4. The number of hydrogen-bond donors (Lipinski definition) is 0. The molecule has 1 aromatic rings. The molecule has 1 aliphatic rings. The molecule has 3 nitrogen and oxygen atoms in total. The first-order valence-electron chi connectivity index (χ1n) is 6.34. The molecule has 1 radical (unpaired) electrons. The maximum atomic E-state index is 11.8. The molecule has 0 N–H and O–H groups in total. The minimum absolute atomic E-state index is 0. The number of amides is 1. The molecule has 4 heteroatoms. The molecule has 2 rings (SSSR count). The first-order valence-corrected chi connectivity index (χ1v) is 6.34. The van der Waals surface area contributed by atoms with E-state index in [1.165, 1.54) is 0 Å². The average Bonchev–Trinajstić information content (AvgIpc) is 2.45. The molecule has 0 fully saturated rings. The zero-order valence-electron chi connectivity index (χ0n) is 11.6. The molecule has 1 aromatic carbocycles. The number of benzene rings is 1. The third-order valence-electron chi connectivity index (χ3n) is 2.97. The third-order valence-corrected chi connectivity index (χ3v) is 2.97. The van der Waals surface area contributed by atoms with Crippen LogP contribution in [0.4, 0.5) is 0 Å². The number of allylic oxidation sites excluding steroid dienone is 1. The van der Waals surface area contributed by atoms with Gasteiger partial charge >= 0.3 is 0 Å². The van der Waals surface area contributed by atoms with E-state index in [0.29, 0.717) is 19.4 Å². The number of carbonyl (C=O) groups excluding carboxylic acids is 1. The second kappa shape index (κ2) is 8.24. The van der Waals surface area contributed by atoms with Crippen LogP contribution < -0.4 is 4.74 Å². The van der Waals surface area contributed by atoms with Crippen molar-refractivity contribution in [3.8, 4) is 18.1 Å². The summed E-state index contributed by atoms with van der Waals surface area (Å²) in [7, 11) is 0. The molecule has 0 atom stereocenters. The fraction of sp³-hybridized carbons (Fsp3) is 0.312. The van der Waals surface area contributed by atoms with E-state index in [9.17, 15) is 4.79 Å². The normalized spacial score (nSPS) is 14.1. The number of rotatable bonds is 4. The standard InChI is InChI=1S/C16H16NO2.Y/c1-3-12-19-14-10-8-13(9-11-14)15-6-5-7-16(18)17(15)4-2;/h1,8-11H,4-5,7,12H2,2H3;/q-1;. The summed E-state index contributed by atoms with van der Waals surface area (Å²) in [6, 6.07) is 7.56. The molecule has 0 bridgehead atoms. The van der Waals surface area contributed by atoms with Crippen LogP contribution in [-0.2, 0) is 37.5 Å². The predicted octanol–water partition coefficient (Wildman–Crippen LogP) is 2.48. The third kappa shape index (κ3) is 3.94. The number of carbonyl (C=O) groups is 1. The van der Waals surface area contributed by atoms with Crippen molar-refractivity contribution in [3.63, 3.8) is 0 Å². The molecule has 0 saturated carbocycles. The van der Waals surface area contributed by atoms with E-state index in [2.05, 4.69) is 12.0 Å². The van der Waals surface area contributed by atoms with Crippen LogP contribution >= 0.6 is 0 Å². The van der Waals surface area contributed by atoms with Gasteiger partial charge in [-0.25, -0.2) is 6.08 Å². The van der Waals surface area contributed by atoms with E-state index in [-0.39, 0.29) is 45.2 Å². The summed E-state index contributed by atoms with van der Waals surface area (Å²) in [5, 5.41) is 0. The Labute approximate surface area is 145 Å². The van der Waals surface area contributed by atoms with E-state index in [1.807, 2.05) is 31.2 Å². The summed E-state index contributed by atoms with van der Waals surface area (Å²) in [6.45, 7) is 2.89. The Morgan fingerprint density at radius 1 is 1.40 bits per heavy atom. The zero-order chi connectivity index (χ0) is 13.7. The fourth-order valence-electron chi connectivity index (χ4n) is 2.07. The number of terminal acetylenes is 1. The van der Waals surface area contributed by atoms with Gasteiger partial charge in [0.25, 0.3) is 0 Å². The smallest absolute Gasteiger partial charge is 0.223 e. The van der Waals surface area contributed by atoms with Crippen molar-refractivity contribution in [2.75, 3.05) is 13.2 Å². The molecule has 20 heavy (non-hydrogen) atoms. The van der Waals surface area contributed by atoms with Crippen LogP contribution in [0.2, 0.25) is 0 Å². The van der Waals surface area contributed by atoms with Gasteiger partial charge in [-0.2, -0.15) is 5.56 Å². The monoisotopic (exact) mass is 343 g/mol. The summed E-state index contributed by atoms with van der Waals surface area (Å²) in [6.07, 6.45) is 9.64. The van der Waals surface area contributed by atoms with E-state index >= 15 is 0 Å². The average molecular weight is 343 g/mol. The van der Waals surface area contributed by atoms with Gasteiger partial charge in [-0.3, -0.25) is 4.79 Å². The Morgan fingerprint density at radius 3 is 2.70 bits per heavy atom. The Kier molecular flexibility index (Phi) is 6.98. The van der Waals surface area contributed by atoms with E-state index < -0.39 is 0 Å². The molecule has 0 aromatic heterocycles. The summed E-state index contributed by atoms with van der Waals surface area (Å²) in [5.41, 5.74) is 1.84. The van der Waals surface area contributed by atoms with Gasteiger partial charge in [-0.05, 0) is 19.1 Å². The molecule has 1 aliphatic heterocycles. The minimum atomic E-state index is 0. The second-order valence-corrected chi connectivity index (χ2v) is 4.18. The van der Waals surface area contributed by atoms with Crippen molar-refractivity contribution in [1.82, 2.24) is 4.90 Å². The summed E-state index contributed by atoms with van der Waals surface area (Å²) < 4.78 is 5.33. The van der Waals surface area contributed by atoms with Crippen LogP contribution in [0.1, 0.15) is 25.3 Å². The largest absolute Gasteiger partial charge is 0.481 e. The minimum Gasteiger partial charge on any atom is -0.481 e. The van der Waals surface area contributed by atoms with Gasteiger partial charge in [0, 0.05) is 45.7 Å². The molecule has 0 unspecified atom stereocenters. The van der Waals surface area contributed by atoms with Gasteiger partial charge in [0.05, 0.1) is 0 Å². The van der Waals surface area contributed by atoms with Crippen molar-refractivity contribution in [3.05, 3.63) is 35.9 Å². The van der Waals surface area contributed by atoms with Crippen LogP contribution in [0.5, 0.6) is 5.75 Å². The molecule has 0 saturated heterocycles. The van der Waals surface area contributed by atoms with Crippen molar-refractivity contribution in [2.45, 2.75) is 19.8 Å². The quantitative estimate of drug-likeness (QED) is 0.621. The Hall–Kier alpha value is -1.11. The Bertz CT molecular complexity index is 528.